The zero-order valence-corrected chi connectivity index (χ0v) is 14.3. The van der Waals surface area contributed by atoms with Gasteiger partial charge in [0.25, 0.3) is 0 Å². The van der Waals surface area contributed by atoms with Crippen LogP contribution in [0.5, 0.6) is 0 Å². The van der Waals surface area contributed by atoms with Gasteiger partial charge in [-0.1, -0.05) is 32.9 Å². The minimum Gasteiger partial charge on any atom is -0.397 e. The summed E-state index contributed by atoms with van der Waals surface area (Å²) in [4.78, 5) is 4.35. The van der Waals surface area contributed by atoms with Crippen molar-refractivity contribution in [2.24, 2.45) is 0 Å². The molecule has 0 radical (unpaired) electrons. The van der Waals surface area contributed by atoms with Crippen molar-refractivity contribution in [1.29, 1.82) is 0 Å². The first-order chi connectivity index (χ1) is 9.77. The number of nitrogens with two attached hydrogens (primary N) is 1. The molecule has 1 aromatic carbocycles. The molecule has 2 nitrogen and oxygen atoms in total. The highest BCUT2D eigenvalue weighted by atomic mass is 32.2. The molecule has 0 saturated heterocycles. The zero-order valence-electron chi connectivity index (χ0n) is 13.5. The van der Waals surface area contributed by atoms with Crippen molar-refractivity contribution in [1.82, 2.24) is 4.98 Å². The first kappa shape index (κ1) is 15.9. The molecule has 0 aliphatic carbocycles. The van der Waals surface area contributed by atoms with Crippen LogP contribution in [-0.2, 0) is 11.2 Å². The van der Waals surface area contributed by atoms with Crippen molar-refractivity contribution in [2.75, 3.05) is 5.73 Å². The highest BCUT2D eigenvalue weighted by molar-refractivity contribution is 7.98. The Bertz CT molecular complexity index is 602. The van der Waals surface area contributed by atoms with Crippen molar-refractivity contribution < 1.29 is 0 Å². The van der Waals surface area contributed by atoms with Crippen LogP contribution in [0.1, 0.15) is 43.0 Å². The normalized spacial score (nSPS) is 11.7. The Morgan fingerprint density at radius 1 is 1.10 bits per heavy atom. The Hall–Kier alpha value is -1.48. The lowest BCUT2D eigenvalue weighted by Crippen LogP contribution is -2.12. The number of anilines is 1. The zero-order chi connectivity index (χ0) is 15.6. The summed E-state index contributed by atoms with van der Waals surface area (Å²) >= 11 is 1.76. The summed E-state index contributed by atoms with van der Waals surface area (Å²) < 4.78 is 0. The fourth-order valence-electron chi connectivity index (χ4n) is 2.28. The van der Waals surface area contributed by atoms with Gasteiger partial charge in [-0.25, -0.2) is 4.98 Å². The second-order valence-electron chi connectivity index (χ2n) is 6.56. The van der Waals surface area contributed by atoms with Crippen LogP contribution in [0.4, 0.5) is 5.69 Å². The maximum Gasteiger partial charge on any atom is 0.0964 e. The van der Waals surface area contributed by atoms with E-state index < -0.39 is 0 Å². The Kier molecular flexibility index (Phi) is 4.62. The molecule has 1 aromatic heterocycles. The van der Waals surface area contributed by atoms with E-state index in [1.165, 1.54) is 22.3 Å². The lowest BCUT2D eigenvalue weighted by atomic mass is 9.84. The van der Waals surface area contributed by atoms with E-state index in [4.69, 9.17) is 5.73 Å². The van der Waals surface area contributed by atoms with Gasteiger partial charge in [0, 0.05) is 5.75 Å². The highest BCUT2D eigenvalue weighted by Gasteiger charge is 2.16. The summed E-state index contributed by atoms with van der Waals surface area (Å²) in [5.41, 5.74) is 12.1. The third-order valence-corrected chi connectivity index (χ3v) is 4.66. The summed E-state index contributed by atoms with van der Waals surface area (Å²) in [5.74, 6) is 0.943. The molecule has 0 bridgehead atoms. The number of aromatic nitrogens is 1. The molecule has 0 amide bonds. The fraction of sp³-hybridized carbons (Fsp3) is 0.389. The predicted molar refractivity (Wildman–Crippen MR) is 92.8 cm³/mol. The van der Waals surface area contributed by atoms with E-state index in [-0.39, 0.29) is 5.41 Å². The van der Waals surface area contributed by atoms with Crippen molar-refractivity contribution in [3.05, 3.63) is 52.7 Å². The van der Waals surface area contributed by atoms with Gasteiger partial charge < -0.3 is 5.73 Å². The molecule has 1 heterocycles. The largest absolute Gasteiger partial charge is 0.397 e. The van der Waals surface area contributed by atoms with E-state index in [0.29, 0.717) is 5.69 Å². The molecule has 0 saturated carbocycles. The van der Waals surface area contributed by atoms with Crippen LogP contribution in [0.2, 0.25) is 0 Å². The molecular weight excluding hydrogens is 276 g/mol. The smallest absolute Gasteiger partial charge is 0.0964 e. The number of hydrogen-bond acceptors (Lipinski definition) is 3. The molecule has 3 heteroatoms. The van der Waals surface area contributed by atoms with Crippen LogP contribution in [0, 0.1) is 13.8 Å². The van der Waals surface area contributed by atoms with E-state index in [2.05, 4.69) is 51.7 Å². The molecule has 0 spiro atoms. The average molecular weight is 300 g/mol. The molecule has 2 rings (SSSR count). The van der Waals surface area contributed by atoms with Gasteiger partial charge in [-0.05, 0) is 53.6 Å². The third kappa shape index (κ3) is 4.01. The Labute approximate surface area is 132 Å². The molecule has 2 aromatic rings. The SMILES string of the molecule is Cc1cc(C(C)(C)C)cc(C)c1CSc1ccc(N)cn1. The van der Waals surface area contributed by atoms with Crippen molar-refractivity contribution in [3.8, 4) is 0 Å². The summed E-state index contributed by atoms with van der Waals surface area (Å²) in [5, 5.41) is 1.02. The van der Waals surface area contributed by atoms with Crippen LogP contribution < -0.4 is 5.73 Å². The van der Waals surface area contributed by atoms with Crippen LogP contribution in [0.3, 0.4) is 0 Å². The predicted octanol–water partition coefficient (Wildman–Crippen LogP) is 4.87. The minimum atomic E-state index is 0.194. The topological polar surface area (TPSA) is 38.9 Å². The number of hydrogen-bond donors (Lipinski definition) is 1. The van der Waals surface area contributed by atoms with Gasteiger partial charge >= 0.3 is 0 Å². The van der Waals surface area contributed by atoms with Crippen molar-refractivity contribution in [3.63, 3.8) is 0 Å². The summed E-state index contributed by atoms with van der Waals surface area (Å²) in [6.07, 6.45) is 1.71. The maximum absolute atomic E-state index is 5.67. The van der Waals surface area contributed by atoms with E-state index >= 15 is 0 Å². The number of nitrogen functional groups attached to an aromatic ring is 1. The maximum atomic E-state index is 5.67. The summed E-state index contributed by atoms with van der Waals surface area (Å²) in [6.45, 7) is 11.2. The van der Waals surface area contributed by atoms with Gasteiger partial charge in [0.05, 0.1) is 16.9 Å². The molecule has 2 N–H and O–H groups in total. The highest BCUT2D eigenvalue weighted by Crippen LogP contribution is 2.30. The molecular formula is C18H24N2S. The molecule has 21 heavy (non-hydrogen) atoms. The molecule has 0 fully saturated rings. The molecule has 0 aliphatic rings. The summed E-state index contributed by atoms with van der Waals surface area (Å²) in [7, 11) is 0. The van der Waals surface area contributed by atoms with Crippen LogP contribution in [0.25, 0.3) is 0 Å². The van der Waals surface area contributed by atoms with Crippen molar-refractivity contribution >= 4 is 17.4 Å². The van der Waals surface area contributed by atoms with Gasteiger partial charge in [-0.2, -0.15) is 0 Å². The Morgan fingerprint density at radius 3 is 2.19 bits per heavy atom. The lowest BCUT2D eigenvalue weighted by Gasteiger charge is -2.22. The Balaban J connectivity index is 2.19. The number of aryl methyl sites for hydroxylation is 2. The van der Waals surface area contributed by atoms with E-state index in [1.807, 2.05) is 12.1 Å². The molecule has 0 atom stereocenters. The van der Waals surface area contributed by atoms with Gasteiger partial charge in [0.1, 0.15) is 0 Å². The van der Waals surface area contributed by atoms with Crippen LogP contribution in [-0.4, -0.2) is 4.98 Å². The quantitative estimate of drug-likeness (QED) is 0.822. The van der Waals surface area contributed by atoms with Gasteiger partial charge in [0.2, 0.25) is 0 Å². The standard InChI is InChI=1S/C18H24N2S/c1-12-8-14(18(3,4)5)9-13(2)16(12)11-21-17-7-6-15(19)10-20-17/h6-10H,11,19H2,1-5H3. The van der Waals surface area contributed by atoms with E-state index in [0.717, 1.165) is 10.8 Å². The fourth-order valence-corrected chi connectivity index (χ4v) is 3.32. The monoisotopic (exact) mass is 300 g/mol. The third-order valence-electron chi connectivity index (χ3n) is 3.69. The van der Waals surface area contributed by atoms with Crippen LogP contribution in [0.15, 0.2) is 35.5 Å². The van der Waals surface area contributed by atoms with Crippen LogP contribution >= 0.6 is 11.8 Å². The lowest BCUT2D eigenvalue weighted by molar-refractivity contribution is 0.589. The number of thioether (sulfide) groups is 1. The first-order valence-corrected chi connectivity index (χ1v) is 8.21. The number of benzene rings is 1. The second-order valence-corrected chi connectivity index (χ2v) is 7.55. The van der Waals surface area contributed by atoms with Gasteiger partial charge in [-0.15, -0.1) is 11.8 Å². The molecule has 112 valence electrons. The first-order valence-electron chi connectivity index (χ1n) is 7.22. The molecule has 0 aliphatic heterocycles. The van der Waals surface area contributed by atoms with E-state index in [1.54, 1.807) is 18.0 Å². The van der Waals surface area contributed by atoms with Gasteiger partial charge in [-0.3, -0.25) is 0 Å². The number of rotatable bonds is 3. The number of nitrogens with zero attached hydrogens (tertiary/aromatic N) is 1. The Morgan fingerprint density at radius 2 is 1.71 bits per heavy atom. The van der Waals surface area contributed by atoms with Gasteiger partial charge in [0.15, 0.2) is 0 Å². The molecule has 0 unspecified atom stereocenters. The average Bonchev–Trinajstić information content (AvgIpc) is 2.38. The van der Waals surface area contributed by atoms with Crippen molar-refractivity contribution in [2.45, 2.75) is 50.8 Å². The second kappa shape index (κ2) is 6.10. The number of pyridine rings is 1. The minimum absolute atomic E-state index is 0.194. The van der Waals surface area contributed by atoms with E-state index in [9.17, 15) is 0 Å². The summed E-state index contributed by atoms with van der Waals surface area (Å²) in [6, 6.07) is 8.52.